The maximum atomic E-state index is 12.0. The van der Waals surface area contributed by atoms with E-state index in [0.29, 0.717) is 9.37 Å². The number of hydrogen-bond acceptors (Lipinski definition) is 3. The molecule has 0 amide bonds. The van der Waals surface area contributed by atoms with Gasteiger partial charge in [-0.2, -0.15) is 8.42 Å². The number of rotatable bonds is 2. The van der Waals surface area contributed by atoms with Gasteiger partial charge in [0.2, 0.25) is 0 Å². The van der Waals surface area contributed by atoms with Crippen molar-refractivity contribution >= 4 is 45.6 Å². The zero-order chi connectivity index (χ0) is 11.7. The van der Waals surface area contributed by atoms with Crippen LogP contribution in [0.25, 0.3) is 0 Å². The zero-order valence-electron chi connectivity index (χ0n) is 7.55. The summed E-state index contributed by atoms with van der Waals surface area (Å²) >= 11 is 3.16. The van der Waals surface area contributed by atoms with Crippen LogP contribution in [0.1, 0.15) is 0 Å². The Morgan fingerprint density at radius 1 is 1.27 bits per heavy atom. The Morgan fingerprint density at radius 2 is 1.80 bits per heavy atom. The highest BCUT2D eigenvalue weighted by molar-refractivity contribution is 9.10. The molecule has 15 heavy (non-hydrogen) atoms. The molecule has 0 aliphatic heterocycles. The average molecular weight is 333 g/mol. The summed E-state index contributed by atoms with van der Waals surface area (Å²) in [7, 11) is -2.26. The number of halogens is 2. The van der Waals surface area contributed by atoms with E-state index in [1.54, 1.807) is 18.2 Å². The molecule has 0 aliphatic rings. The summed E-state index contributed by atoms with van der Waals surface area (Å²) in [6.45, 7) is 0. The largest absolute Gasteiger partial charge is 0.347 e. The SMILES string of the molecule is CS(=O)(=NS(=O)(=O)Cl)c1ccccc1Br. The number of hydrogen-bond donors (Lipinski definition) is 0. The predicted molar refractivity (Wildman–Crippen MR) is 63.7 cm³/mol. The van der Waals surface area contributed by atoms with Crippen molar-refractivity contribution in [2.45, 2.75) is 4.90 Å². The summed E-state index contributed by atoms with van der Waals surface area (Å²) in [5.74, 6) is 0. The molecule has 0 bridgehead atoms. The quantitative estimate of drug-likeness (QED) is 0.781. The highest BCUT2D eigenvalue weighted by Gasteiger charge is 2.14. The van der Waals surface area contributed by atoms with Gasteiger partial charge in [-0.05, 0) is 28.1 Å². The van der Waals surface area contributed by atoms with Crippen molar-refractivity contribution in [2.75, 3.05) is 6.26 Å². The van der Waals surface area contributed by atoms with Gasteiger partial charge in [0.05, 0.1) is 14.6 Å². The van der Waals surface area contributed by atoms with E-state index in [1.165, 1.54) is 12.3 Å². The maximum Gasteiger partial charge on any atom is 0.347 e. The Balaban J connectivity index is 3.50. The molecule has 4 nitrogen and oxygen atoms in total. The van der Waals surface area contributed by atoms with Crippen molar-refractivity contribution < 1.29 is 12.6 Å². The van der Waals surface area contributed by atoms with Gasteiger partial charge in [0.1, 0.15) is 0 Å². The lowest BCUT2D eigenvalue weighted by atomic mass is 10.4. The van der Waals surface area contributed by atoms with Crippen LogP contribution in [0.15, 0.2) is 37.4 Å². The first kappa shape index (κ1) is 13.0. The number of benzene rings is 1. The van der Waals surface area contributed by atoms with Crippen LogP contribution in [-0.2, 0) is 19.0 Å². The minimum atomic E-state index is -4.15. The molecule has 0 aromatic heterocycles. The first-order chi connectivity index (χ1) is 6.72. The van der Waals surface area contributed by atoms with Crippen LogP contribution in [-0.4, -0.2) is 18.9 Å². The monoisotopic (exact) mass is 331 g/mol. The molecular weight excluding hydrogens is 326 g/mol. The Kier molecular flexibility index (Phi) is 3.80. The fraction of sp³-hybridized carbons (Fsp3) is 0.143. The third-order valence-electron chi connectivity index (χ3n) is 1.48. The van der Waals surface area contributed by atoms with Crippen molar-refractivity contribution in [1.29, 1.82) is 0 Å². The molecule has 1 rings (SSSR count). The van der Waals surface area contributed by atoms with E-state index in [-0.39, 0.29) is 0 Å². The van der Waals surface area contributed by atoms with Crippen LogP contribution in [0.4, 0.5) is 0 Å². The van der Waals surface area contributed by atoms with Gasteiger partial charge in [-0.15, -0.1) is 0 Å². The second kappa shape index (κ2) is 4.40. The lowest BCUT2D eigenvalue weighted by molar-refractivity contribution is 0.611. The molecular formula is C7H7BrClNO3S2. The molecule has 0 heterocycles. The fourth-order valence-corrected chi connectivity index (χ4v) is 5.56. The standard InChI is InChI=1S/C7H7BrClNO3S2/c1-14(11,10-15(9,12)13)7-5-3-2-4-6(7)8/h2-5H,1H3. The minimum Gasteiger partial charge on any atom is -0.244 e. The summed E-state index contributed by atoms with van der Waals surface area (Å²) in [5.41, 5.74) is 0. The van der Waals surface area contributed by atoms with Gasteiger partial charge < -0.3 is 0 Å². The number of nitrogens with zero attached hydrogens (tertiary/aromatic N) is 1. The van der Waals surface area contributed by atoms with E-state index in [9.17, 15) is 12.6 Å². The predicted octanol–water partition coefficient (Wildman–Crippen LogP) is 2.39. The maximum absolute atomic E-state index is 12.0. The molecule has 1 aromatic carbocycles. The normalized spacial score (nSPS) is 15.7. The van der Waals surface area contributed by atoms with Crippen LogP contribution in [0.2, 0.25) is 0 Å². The summed E-state index contributed by atoms with van der Waals surface area (Å²) < 4.78 is 37.1. The molecule has 0 saturated carbocycles. The fourth-order valence-electron chi connectivity index (χ4n) is 0.962. The summed E-state index contributed by atoms with van der Waals surface area (Å²) in [6.07, 6.45) is 1.22. The summed E-state index contributed by atoms with van der Waals surface area (Å²) in [6, 6.07) is 6.53. The summed E-state index contributed by atoms with van der Waals surface area (Å²) in [5, 5.41) is 0. The van der Waals surface area contributed by atoms with Gasteiger partial charge in [-0.1, -0.05) is 15.9 Å². The third kappa shape index (κ3) is 3.75. The van der Waals surface area contributed by atoms with E-state index >= 15 is 0 Å². The third-order valence-corrected chi connectivity index (χ3v) is 5.96. The van der Waals surface area contributed by atoms with Crippen LogP contribution in [0.3, 0.4) is 0 Å². The van der Waals surface area contributed by atoms with E-state index in [4.69, 9.17) is 10.7 Å². The van der Waals surface area contributed by atoms with Gasteiger partial charge >= 0.3 is 9.24 Å². The Hall–Kier alpha value is -0.110. The lowest BCUT2D eigenvalue weighted by Crippen LogP contribution is -2.01. The van der Waals surface area contributed by atoms with E-state index < -0.39 is 19.0 Å². The zero-order valence-corrected chi connectivity index (χ0v) is 11.5. The molecule has 0 N–H and O–H groups in total. The van der Waals surface area contributed by atoms with Crippen LogP contribution < -0.4 is 0 Å². The molecule has 1 unspecified atom stereocenters. The van der Waals surface area contributed by atoms with E-state index in [0.717, 1.165) is 0 Å². The van der Waals surface area contributed by atoms with Crippen molar-refractivity contribution in [3.8, 4) is 0 Å². The molecule has 0 spiro atoms. The molecule has 8 heteroatoms. The van der Waals surface area contributed by atoms with Gasteiger partial charge in [0.25, 0.3) is 0 Å². The molecule has 0 radical (unpaired) electrons. The highest BCUT2D eigenvalue weighted by atomic mass is 79.9. The average Bonchev–Trinajstić information content (AvgIpc) is 1.99. The van der Waals surface area contributed by atoms with Gasteiger partial charge in [0, 0.05) is 21.4 Å². The molecule has 84 valence electrons. The first-order valence-corrected chi connectivity index (χ1v) is 8.63. The first-order valence-electron chi connectivity index (χ1n) is 3.65. The second-order valence-corrected chi connectivity index (χ2v) is 8.21. The molecule has 0 fully saturated rings. The van der Waals surface area contributed by atoms with Crippen molar-refractivity contribution in [3.63, 3.8) is 0 Å². The van der Waals surface area contributed by atoms with Crippen LogP contribution in [0, 0.1) is 0 Å². The molecule has 0 aliphatic carbocycles. The molecule has 0 saturated heterocycles. The molecule has 1 aromatic rings. The van der Waals surface area contributed by atoms with E-state index in [2.05, 4.69) is 19.7 Å². The van der Waals surface area contributed by atoms with E-state index in [1.807, 2.05) is 0 Å². The Labute approximate surface area is 102 Å². The topological polar surface area (TPSA) is 63.6 Å². The summed E-state index contributed by atoms with van der Waals surface area (Å²) in [4.78, 5) is 0.300. The van der Waals surface area contributed by atoms with Crippen LogP contribution in [0.5, 0.6) is 0 Å². The van der Waals surface area contributed by atoms with Gasteiger partial charge in [0.15, 0.2) is 0 Å². The second-order valence-electron chi connectivity index (χ2n) is 2.72. The van der Waals surface area contributed by atoms with Crippen molar-refractivity contribution in [2.24, 2.45) is 3.77 Å². The smallest absolute Gasteiger partial charge is 0.244 e. The Morgan fingerprint density at radius 3 is 2.27 bits per heavy atom. The molecule has 1 atom stereocenters. The minimum absolute atomic E-state index is 0.300. The van der Waals surface area contributed by atoms with Crippen molar-refractivity contribution in [3.05, 3.63) is 28.7 Å². The highest BCUT2D eigenvalue weighted by Crippen LogP contribution is 2.23. The van der Waals surface area contributed by atoms with Gasteiger partial charge in [-0.3, -0.25) is 0 Å². The van der Waals surface area contributed by atoms with Gasteiger partial charge in [-0.25, -0.2) is 4.21 Å². The van der Waals surface area contributed by atoms with Crippen molar-refractivity contribution in [1.82, 2.24) is 0 Å². The van der Waals surface area contributed by atoms with Crippen LogP contribution >= 0.6 is 26.6 Å². The lowest BCUT2D eigenvalue weighted by Gasteiger charge is -2.04. The Bertz CT molecular complexity index is 590.